The first-order valence-corrected chi connectivity index (χ1v) is 6.18. The molecule has 1 aromatic carbocycles. The lowest BCUT2D eigenvalue weighted by Gasteiger charge is -2.08. The van der Waals surface area contributed by atoms with Crippen molar-refractivity contribution in [2.75, 3.05) is 13.2 Å². The van der Waals surface area contributed by atoms with E-state index < -0.39 is 0 Å². The molecule has 0 unspecified atom stereocenters. The van der Waals surface area contributed by atoms with Crippen LogP contribution in [0, 0.1) is 13.8 Å². The summed E-state index contributed by atoms with van der Waals surface area (Å²) in [4.78, 5) is 11.6. The topological polar surface area (TPSA) is 51.5 Å². The van der Waals surface area contributed by atoms with Gasteiger partial charge in [-0.15, -0.1) is 0 Å². The van der Waals surface area contributed by atoms with Crippen LogP contribution in [0.25, 0.3) is 0 Å². The van der Waals surface area contributed by atoms with Gasteiger partial charge >= 0.3 is 0 Å². The second-order valence-electron chi connectivity index (χ2n) is 4.41. The number of ether oxygens (including phenoxy) is 1. The van der Waals surface area contributed by atoms with E-state index in [1.54, 1.807) is 12.1 Å². The second kappa shape index (κ2) is 6.09. The van der Waals surface area contributed by atoms with E-state index in [0.717, 1.165) is 16.9 Å². The summed E-state index contributed by atoms with van der Waals surface area (Å²) in [5.41, 5.74) is 2.32. The minimum Gasteiger partial charge on any atom is -0.492 e. The molecule has 0 atom stereocenters. The first kappa shape index (κ1) is 13.2. The summed E-state index contributed by atoms with van der Waals surface area (Å²) in [7, 11) is 0. The molecule has 0 fully saturated rings. The molecular weight excluding hydrogens is 242 g/mol. The zero-order chi connectivity index (χ0) is 13.7. The molecule has 1 N–H and O–H groups in total. The van der Waals surface area contributed by atoms with Crippen molar-refractivity contribution in [3.8, 4) is 5.75 Å². The van der Waals surface area contributed by atoms with Gasteiger partial charge in [-0.3, -0.25) is 4.79 Å². The molecule has 4 nitrogen and oxygen atoms in total. The fourth-order valence-electron chi connectivity index (χ4n) is 1.84. The Bertz CT molecular complexity index is 526. The molecule has 0 aliphatic carbocycles. The maximum atomic E-state index is 11.6. The van der Waals surface area contributed by atoms with Crippen molar-refractivity contribution in [2.45, 2.75) is 13.8 Å². The SMILES string of the molecule is Cc1cc(C)cc(OCCNC(=O)c2ccco2)c1. The highest BCUT2D eigenvalue weighted by Crippen LogP contribution is 2.15. The Hall–Kier alpha value is -2.23. The summed E-state index contributed by atoms with van der Waals surface area (Å²) in [6, 6.07) is 9.34. The number of aryl methyl sites for hydroxylation is 2. The molecule has 1 heterocycles. The van der Waals surface area contributed by atoms with Crippen LogP contribution in [0.1, 0.15) is 21.7 Å². The fourth-order valence-corrected chi connectivity index (χ4v) is 1.84. The lowest BCUT2D eigenvalue weighted by molar-refractivity contribution is 0.0919. The molecule has 0 radical (unpaired) electrons. The maximum absolute atomic E-state index is 11.6. The van der Waals surface area contributed by atoms with Crippen molar-refractivity contribution < 1.29 is 13.9 Å². The van der Waals surface area contributed by atoms with Crippen molar-refractivity contribution in [3.63, 3.8) is 0 Å². The Morgan fingerprint density at radius 1 is 1.26 bits per heavy atom. The van der Waals surface area contributed by atoms with Crippen LogP contribution in [0.5, 0.6) is 5.75 Å². The average Bonchev–Trinajstić information content (AvgIpc) is 2.87. The molecule has 0 bridgehead atoms. The van der Waals surface area contributed by atoms with E-state index in [2.05, 4.69) is 11.4 Å². The molecule has 19 heavy (non-hydrogen) atoms. The quantitative estimate of drug-likeness (QED) is 0.840. The van der Waals surface area contributed by atoms with Gasteiger partial charge < -0.3 is 14.5 Å². The van der Waals surface area contributed by atoms with Gasteiger partial charge in [-0.05, 0) is 49.2 Å². The number of benzene rings is 1. The van der Waals surface area contributed by atoms with Gasteiger partial charge in [-0.1, -0.05) is 6.07 Å². The maximum Gasteiger partial charge on any atom is 0.287 e. The molecule has 2 aromatic rings. The predicted molar refractivity (Wildman–Crippen MR) is 72.5 cm³/mol. The lowest BCUT2D eigenvalue weighted by atomic mass is 10.1. The van der Waals surface area contributed by atoms with Gasteiger partial charge in [-0.2, -0.15) is 0 Å². The number of furan rings is 1. The monoisotopic (exact) mass is 259 g/mol. The molecule has 2 rings (SSSR count). The molecule has 0 aliphatic heterocycles. The molecule has 100 valence electrons. The number of carbonyl (C=O) groups excluding carboxylic acids is 1. The highest BCUT2D eigenvalue weighted by molar-refractivity contribution is 5.91. The first-order chi connectivity index (χ1) is 9.15. The molecule has 0 aliphatic rings. The van der Waals surface area contributed by atoms with E-state index in [4.69, 9.17) is 9.15 Å². The van der Waals surface area contributed by atoms with Crippen LogP contribution in [0.15, 0.2) is 41.0 Å². The van der Waals surface area contributed by atoms with E-state index in [1.807, 2.05) is 26.0 Å². The van der Waals surface area contributed by atoms with Crippen molar-refractivity contribution >= 4 is 5.91 Å². The standard InChI is InChI=1S/C15H17NO3/c1-11-8-12(2)10-13(9-11)18-7-5-16-15(17)14-4-3-6-19-14/h3-4,6,8-10H,5,7H2,1-2H3,(H,16,17). The van der Waals surface area contributed by atoms with Crippen molar-refractivity contribution in [2.24, 2.45) is 0 Å². The van der Waals surface area contributed by atoms with Crippen LogP contribution >= 0.6 is 0 Å². The van der Waals surface area contributed by atoms with Gasteiger partial charge in [0.15, 0.2) is 5.76 Å². The second-order valence-corrected chi connectivity index (χ2v) is 4.41. The normalized spacial score (nSPS) is 10.2. The Kier molecular flexibility index (Phi) is 4.23. The summed E-state index contributed by atoms with van der Waals surface area (Å²) in [6.07, 6.45) is 1.47. The van der Waals surface area contributed by atoms with Gasteiger partial charge in [-0.25, -0.2) is 0 Å². The number of amides is 1. The van der Waals surface area contributed by atoms with Crippen LogP contribution in [0.4, 0.5) is 0 Å². The van der Waals surface area contributed by atoms with E-state index in [9.17, 15) is 4.79 Å². The Labute approximate surface area is 112 Å². The minimum atomic E-state index is -0.228. The Balaban J connectivity index is 1.76. The van der Waals surface area contributed by atoms with E-state index in [-0.39, 0.29) is 5.91 Å². The van der Waals surface area contributed by atoms with Gasteiger partial charge in [0.25, 0.3) is 5.91 Å². The third kappa shape index (κ3) is 3.88. The smallest absolute Gasteiger partial charge is 0.287 e. The molecule has 0 saturated heterocycles. The van der Waals surface area contributed by atoms with Gasteiger partial charge in [0, 0.05) is 0 Å². The van der Waals surface area contributed by atoms with E-state index in [0.29, 0.717) is 18.9 Å². The summed E-state index contributed by atoms with van der Waals surface area (Å²) >= 11 is 0. The number of hydrogen-bond donors (Lipinski definition) is 1. The third-order valence-electron chi connectivity index (χ3n) is 2.60. The molecule has 1 aromatic heterocycles. The highest BCUT2D eigenvalue weighted by atomic mass is 16.5. The Morgan fingerprint density at radius 3 is 2.63 bits per heavy atom. The van der Waals surface area contributed by atoms with Crippen LogP contribution < -0.4 is 10.1 Å². The summed E-state index contributed by atoms with van der Waals surface area (Å²) in [6.45, 7) is 4.92. The number of rotatable bonds is 5. The highest BCUT2D eigenvalue weighted by Gasteiger charge is 2.06. The first-order valence-electron chi connectivity index (χ1n) is 6.18. The molecule has 4 heteroatoms. The third-order valence-corrected chi connectivity index (χ3v) is 2.60. The number of carbonyl (C=O) groups is 1. The van der Waals surface area contributed by atoms with Gasteiger partial charge in [0.05, 0.1) is 12.8 Å². The van der Waals surface area contributed by atoms with Gasteiger partial charge in [0.2, 0.25) is 0 Å². The largest absolute Gasteiger partial charge is 0.492 e. The molecule has 0 spiro atoms. The van der Waals surface area contributed by atoms with E-state index in [1.165, 1.54) is 6.26 Å². The zero-order valence-corrected chi connectivity index (χ0v) is 11.1. The summed E-state index contributed by atoms with van der Waals surface area (Å²) in [5.74, 6) is 0.908. The van der Waals surface area contributed by atoms with Crippen molar-refractivity contribution in [3.05, 3.63) is 53.5 Å². The van der Waals surface area contributed by atoms with Crippen LogP contribution in [0.2, 0.25) is 0 Å². The summed E-state index contributed by atoms with van der Waals surface area (Å²) < 4.78 is 10.6. The fraction of sp³-hybridized carbons (Fsp3) is 0.267. The molecular formula is C15H17NO3. The summed E-state index contributed by atoms with van der Waals surface area (Å²) in [5, 5.41) is 2.73. The lowest BCUT2D eigenvalue weighted by Crippen LogP contribution is -2.27. The number of hydrogen-bond acceptors (Lipinski definition) is 3. The molecule has 0 saturated carbocycles. The van der Waals surface area contributed by atoms with Gasteiger partial charge in [0.1, 0.15) is 12.4 Å². The van der Waals surface area contributed by atoms with E-state index >= 15 is 0 Å². The predicted octanol–water partition coefficient (Wildman–Crippen LogP) is 2.71. The zero-order valence-electron chi connectivity index (χ0n) is 11.1. The average molecular weight is 259 g/mol. The van der Waals surface area contributed by atoms with Crippen molar-refractivity contribution in [1.82, 2.24) is 5.32 Å². The number of nitrogens with one attached hydrogen (secondary N) is 1. The molecule has 1 amide bonds. The van der Waals surface area contributed by atoms with Crippen molar-refractivity contribution in [1.29, 1.82) is 0 Å². The van der Waals surface area contributed by atoms with Crippen LogP contribution in [-0.4, -0.2) is 19.1 Å². The van der Waals surface area contributed by atoms with Crippen LogP contribution in [0.3, 0.4) is 0 Å². The van der Waals surface area contributed by atoms with Crippen LogP contribution in [-0.2, 0) is 0 Å². The minimum absolute atomic E-state index is 0.228. The Morgan fingerprint density at radius 2 is 2.00 bits per heavy atom.